The van der Waals surface area contributed by atoms with Gasteiger partial charge in [0.1, 0.15) is 23.7 Å². The molecule has 0 spiro atoms. The third kappa shape index (κ3) is 3.09. The van der Waals surface area contributed by atoms with Crippen LogP contribution < -0.4 is 0 Å². The van der Waals surface area contributed by atoms with Gasteiger partial charge in [-0.1, -0.05) is 35.9 Å². The van der Waals surface area contributed by atoms with Crippen LogP contribution in [-0.4, -0.2) is 21.7 Å². The van der Waals surface area contributed by atoms with Crippen LogP contribution in [0.2, 0.25) is 5.15 Å². The molecule has 0 radical (unpaired) electrons. The summed E-state index contributed by atoms with van der Waals surface area (Å²) in [5, 5.41) is 11.0. The lowest BCUT2D eigenvalue weighted by molar-refractivity contribution is 0.0697. The zero-order valence-corrected chi connectivity index (χ0v) is 15.2. The van der Waals surface area contributed by atoms with E-state index in [1.165, 1.54) is 17.5 Å². The Morgan fingerprint density at radius 2 is 2.16 bits per heavy atom. The summed E-state index contributed by atoms with van der Waals surface area (Å²) >= 11 is 7.65. The second-order valence-electron chi connectivity index (χ2n) is 6.03. The first-order chi connectivity index (χ1) is 12.1. The predicted molar refractivity (Wildman–Crippen MR) is 98.1 cm³/mol. The minimum absolute atomic E-state index is 0.0929. The van der Waals surface area contributed by atoms with Gasteiger partial charge in [-0.2, -0.15) is 0 Å². The van der Waals surface area contributed by atoms with Gasteiger partial charge < -0.3 is 9.84 Å². The van der Waals surface area contributed by atoms with Crippen molar-refractivity contribution in [3.8, 4) is 0 Å². The van der Waals surface area contributed by atoms with Gasteiger partial charge in [0.2, 0.25) is 0 Å². The van der Waals surface area contributed by atoms with E-state index in [1.54, 1.807) is 17.5 Å². The number of aryl methyl sites for hydroxylation is 1. The first kappa shape index (κ1) is 16.7. The number of halogens is 1. The van der Waals surface area contributed by atoms with E-state index in [9.17, 15) is 5.11 Å². The Morgan fingerprint density at radius 3 is 3.00 bits per heavy atom. The highest BCUT2D eigenvalue weighted by molar-refractivity contribution is 7.12. The molecule has 3 heterocycles. The SMILES string of the molecule is Cc1sc(C(O)c2cncnc2Cl)cc1[C@H]1OCCc2ccccc21. The van der Waals surface area contributed by atoms with E-state index in [2.05, 4.69) is 35.1 Å². The molecule has 6 heteroatoms. The largest absolute Gasteiger partial charge is 0.383 e. The molecule has 3 aromatic rings. The number of thiophene rings is 1. The van der Waals surface area contributed by atoms with Gasteiger partial charge in [-0.05, 0) is 36.1 Å². The van der Waals surface area contributed by atoms with Gasteiger partial charge in [-0.3, -0.25) is 0 Å². The van der Waals surface area contributed by atoms with Crippen LogP contribution in [0.1, 0.15) is 44.2 Å². The van der Waals surface area contributed by atoms with Gasteiger partial charge >= 0.3 is 0 Å². The molecule has 1 N–H and O–H groups in total. The Balaban J connectivity index is 1.71. The van der Waals surface area contributed by atoms with Crippen molar-refractivity contribution >= 4 is 22.9 Å². The second-order valence-corrected chi connectivity index (χ2v) is 7.68. The number of ether oxygens (including phenoxy) is 1. The first-order valence-corrected chi connectivity index (χ1v) is 9.27. The van der Waals surface area contributed by atoms with E-state index < -0.39 is 6.10 Å². The average Bonchev–Trinajstić information content (AvgIpc) is 3.02. The fourth-order valence-electron chi connectivity index (χ4n) is 3.23. The van der Waals surface area contributed by atoms with Gasteiger partial charge in [0.05, 0.1) is 6.61 Å². The number of aliphatic hydroxyl groups is 1. The van der Waals surface area contributed by atoms with Crippen molar-refractivity contribution in [1.29, 1.82) is 0 Å². The first-order valence-electron chi connectivity index (χ1n) is 8.08. The summed E-state index contributed by atoms with van der Waals surface area (Å²) < 4.78 is 6.07. The fourth-order valence-corrected chi connectivity index (χ4v) is 4.49. The molecule has 2 aromatic heterocycles. The number of nitrogens with zero attached hydrogens (tertiary/aromatic N) is 2. The van der Waals surface area contributed by atoms with Crippen molar-refractivity contribution in [2.24, 2.45) is 0 Å². The highest BCUT2D eigenvalue weighted by Crippen LogP contribution is 2.40. The maximum atomic E-state index is 10.7. The highest BCUT2D eigenvalue weighted by atomic mass is 35.5. The van der Waals surface area contributed by atoms with Crippen molar-refractivity contribution in [3.63, 3.8) is 0 Å². The molecule has 0 saturated heterocycles. The molecule has 1 aromatic carbocycles. The summed E-state index contributed by atoms with van der Waals surface area (Å²) in [6.07, 6.45) is 2.93. The van der Waals surface area contributed by atoms with Crippen LogP contribution in [0.15, 0.2) is 42.9 Å². The second kappa shape index (κ2) is 6.84. The maximum absolute atomic E-state index is 10.7. The van der Waals surface area contributed by atoms with Gasteiger partial charge in [0.15, 0.2) is 0 Å². The molecule has 0 bridgehead atoms. The van der Waals surface area contributed by atoms with E-state index in [0.717, 1.165) is 21.7 Å². The Labute approximate surface area is 155 Å². The monoisotopic (exact) mass is 372 g/mol. The lowest BCUT2D eigenvalue weighted by Gasteiger charge is -2.26. The molecule has 1 aliphatic rings. The van der Waals surface area contributed by atoms with Gasteiger partial charge in [-0.25, -0.2) is 9.97 Å². The van der Waals surface area contributed by atoms with Crippen molar-refractivity contribution in [2.75, 3.05) is 6.61 Å². The molecular weight excluding hydrogens is 356 g/mol. The Hall–Kier alpha value is -1.79. The van der Waals surface area contributed by atoms with Gasteiger partial charge in [0.25, 0.3) is 0 Å². The molecule has 4 nitrogen and oxygen atoms in total. The zero-order valence-electron chi connectivity index (χ0n) is 13.6. The van der Waals surface area contributed by atoms with Crippen LogP contribution in [0.3, 0.4) is 0 Å². The van der Waals surface area contributed by atoms with Gasteiger partial charge in [0, 0.05) is 21.5 Å². The lowest BCUT2D eigenvalue weighted by Crippen LogP contribution is -2.17. The summed E-state index contributed by atoms with van der Waals surface area (Å²) in [4.78, 5) is 9.86. The van der Waals surface area contributed by atoms with E-state index in [-0.39, 0.29) is 11.3 Å². The average molecular weight is 373 g/mol. The number of hydrogen-bond donors (Lipinski definition) is 1. The summed E-state index contributed by atoms with van der Waals surface area (Å²) in [5.41, 5.74) is 4.14. The number of benzene rings is 1. The highest BCUT2D eigenvalue weighted by Gasteiger charge is 2.27. The smallest absolute Gasteiger partial charge is 0.138 e. The Kier molecular flexibility index (Phi) is 4.56. The standard InChI is InChI=1S/C19H17ClN2O2S/c1-11-14(18-13-5-3-2-4-12(13)6-7-24-18)8-16(25-11)17(23)15-9-21-10-22-19(15)20/h2-5,8-10,17-18,23H,6-7H2,1H3/t17?,18-/m0/s1. The molecule has 2 atom stereocenters. The molecular formula is C19H17ClN2O2S. The lowest BCUT2D eigenvalue weighted by atomic mass is 9.93. The van der Waals surface area contributed by atoms with Crippen molar-refractivity contribution in [1.82, 2.24) is 9.97 Å². The molecule has 128 valence electrons. The molecule has 0 aliphatic carbocycles. The summed E-state index contributed by atoms with van der Waals surface area (Å²) in [5.74, 6) is 0. The third-order valence-electron chi connectivity index (χ3n) is 4.50. The molecule has 0 fully saturated rings. The quantitative estimate of drug-likeness (QED) is 0.698. The molecule has 25 heavy (non-hydrogen) atoms. The van der Waals surface area contributed by atoms with Crippen LogP contribution in [0.5, 0.6) is 0 Å². The topological polar surface area (TPSA) is 55.2 Å². The number of aliphatic hydroxyl groups excluding tert-OH is 1. The van der Waals surface area contributed by atoms with Crippen LogP contribution in [0.4, 0.5) is 0 Å². The zero-order chi connectivity index (χ0) is 17.4. The number of rotatable bonds is 3. The van der Waals surface area contributed by atoms with Crippen LogP contribution >= 0.6 is 22.9 Å². The third-order valence-corrected chi connectivity index (χ3v) is 5.94. The Bertz CT molecular complexity index is 912. The molecule has 1 aliphatic heterocycles. The summed E-state index contributed by atoms with van der Waals surface area (Å²) in [6, 6.07) is 10.4. The van der Waals surface area contributed by atoms with Crippen LogP contribution in [0, 0.1) is 6.92 Å². The minimum atomic E-state index is -0.843. The van der Waals surface area contributed by atoms with Crippen LogP contribution in [-0.2, 0) is 11.2 Å². The van der Waals surface area contributed by atoms with E-state index in [4.69, 9.17) is 16.3 Å². The number of fused-ring (bicyclic) bond motifs is 1. The van der Waals surface area contributed by atoms with Crippen LogP contribution in [0.25, 0.3) is 0 Å². The van der Waals surface area contributed by atoms with E-state index in [1.807, 2.05) is 12.1 Å². The normalized spacial score (nSPS) is 18.0. The van der Waals surface area contributed by atoms with E-state index in [0.29, 0.717) is 12.2 Å². The number of hydrogen-bond acceptors (Lipinski definition) is 5. The van der Waals surface area contributed by atoms with Gasteiger partial charge in [-0.15, -0.1) is 11.3 Å². The predicted octanol–water partition coefficient (Wildman–Crippen LogP) is 4.24. The van der Waals surface area contributed by atoms with Crippen molar-refractivity contribution < 1.29 is 9.84 Å². The fraction of sp³-hybridized carbons (Fsp3) is 0.263. The molecule has 1 unspecified atom stereocenters. The summed E-state index contributed by atoms with van der Waals surface area (Å²) in [7, 11) is 0. The summed E-state index contributed by atoms with van der Waals surface area (Å²) in [6.45, 7) is 2.76. The molecule has 0 saturated carbocycles. The Morgan fingerprint density at radius 1 is 1.32 bits per heavy atom. The molecule has 0 amide bonds. The minimum Gasteiger partial charge on any atom is -0.383 e. The van der Waals surface area contributed by atoms with E-state index >= 15 is 0 Å². The van der Waals surface area contributed by atoms with Crippen molar-refractivity contribution in [2.45, 2.75) is 25.6 Å². The maximum Gasteiger partial charge on any atom is 0.138 e. The molecule has 4 rings (SSSR count). The van der Waals surface area contributed by atoms with Crippen molar-refractivity contribution in [3.05, 3.63) is 80.0 Å². The number of aromatic nitrogens is 2.